The Kier molecular flexibility index (Phi) is 4.39. The maximum absolute atomic E-state index is 14.6. The molecule has 0 radical (unpaired) electrons. The fourth-order valence-electron chi connectivity index (χ4n) is 4.54. The van der Waals surface area contributed by atoms with Gasteiger partial charge in [-0.15, -0.1) is 0 Å². The number of nitrogens with zero attached hydrogens (tertiary/aromatic N) is 4. The third-order valence-electron chi connectivity index (χ3n) is 6.07. The van der Waals surface area contributed by atoms with E-state index in [0.717, 1.165) is 24.1 Å². The Balaban J connectivity index is 1.39. The molecular formula is C22H22FN5O. The number of imidazole rings is 1. The number of piperidine rings is 1. The van der Waals surface area contributed by atoms with Gasteiger partial charge in [0.25, 0.3) is 0 Å². The zero-order valence-corrected chi connectivity index (χ0v) is 15.9. The molecule has 29 heavy (non-hydrogen) atoms. The minimum absolute atomic E-state index is 0.0640. The molecule has 0 aliphatic carbocycles. The van der Waals surface area contributed by atoms with Gasteiger partial charge in [0.05, 0.1) is 35.8 Å². The van der Waals surface area contributed by atoms with Gasteiger partial charge >= 0.3 is 0 Å². The number of phenols is 1. The zero-order chi connectivity index (χ0) is 20.0. The highest BCUT2D eigenvalue weighted by atomic mass is 19.1. The summed E-state index contributed by atoms with van der Waals surface area (Å²) in [5, 5.41) is 14.1. The van der Waals surface area contributed by atoms with Gasteiger partial charge in [0.1, 0.15) is 11.6 Å². The van der Waals surface area contributed by atoms with Crippen molar-refractivity contribution in [3.05, 3.63) is 61.3 Å². The summed E-state index contributed by atoms with van der Waals surface area (Å²) in [5.74, 6) is -0.128. The summed E-state index contributed by atoms with van der Waals surface area (Å²) in [6, 6.07) is 3.80. The van der Waals surface area contributed by atoms with Gasteiger partial charge in [-0.25, -0.2) is 9.37 Å². The van der Waals surface area contributed by atoms with E-state index >= 15 is 0 Å². The molecule has 0 amide bonds. The summed E-state index contributed by atoms with van der Waals surface area (Å²) >= 11 is 0. The van der Waals surface area contributed by atoms with E-state index in [1.807, 2.05) is 0 Å². The van der Waals surface area contributed by atoms with Gasteiger partial charge < -0.3 is 15.0 Å². The molecule has 148 valence electrons. The van der Waals surface area contributed by atoms with Crippen molar-refractivity contribution in [3.8, 4) is 22.7 Å². The van der Waals surface area contributed by atoms with Crippen LogP contribution in [-0.4, -0.2) is 36.7 Å². The average Bonchev–Trinajstić information content (AvgIpc) is 3.38. The zero-order valence-electron chi connectivity index (χ0n) is 15.9. The number of aromatic nitrogens is 4. The van der Waals surface area contributed by atoms with Gasteiger partial charge in [-0.2, -0.15) is 0 Å². The third-order valence-corrected chi connectivity index (χ3v) is 6.07. The van der Waals surface area contributed by atoms with Gasteiger partial charge in [-0.05, 0) is 43.2 Å². The highest BCUT2D eigenvalue weighted by Gasteiger charge is 2.35. The fraction of sp³-hybridized carbons (Fsp3) is 0.318. The highest BCUT2D eigenvalue weighted by Crippen LogP contribution is 2.38. The largest absolute Gasteiger partial charge is 0.507 e. The van der Waals surface area contributed by atoms with Crippen LogP contribution >= 0.6 is 0 Å². The maximum Gasteiger partial charge on any atom is 0.148 e. The van der Waals surface area contributed by atoms with E-state index in [1.54, 1.807) is 24.8 Å². The first-order chi connectivity index (χ1) is 14.1. The molecule has 2 aliphatic heterocycles. The molecular weight excluding hydrogens is 369 g/mol. The second-order valence-electron chi connectivity index (χ2n) is 7.91. The second kappa shape index (κ2) is 7.08. The number of rotatable bonds is 4. The summed E-state index contributed by atoms with van der Waals surface area (Å²) in [6.45, 7) is 4.27. The summed E-state index contributed by atoms with van der Waals surface area (Å²) in [7, 11) is 0. The molecule has 3 aromatic rings. The van der Waals surface area contributed by atoms with Crippen molar-refractivity contribution >= 4 is 5.57 Å². The normalized spacial score (nSPS) is 23.3. The van der Waals surface area contributed by atoms with Crippen molar-refractivity contribution in [3.63, 3.8) is 0 Å². The van der Waals surface area contributed by atoms with E-state index in [9.17, 15) is 9.50 Å². The molecule has 0 unspecified atom stereocenters. The second-order valence-corrected chi connectivity index (χ2v) is 7.91. The molecule has 0 spiro atoms. The minimum Gasteiger partial charge on any atom is -0.507 e. The van der Waals surface area contributed by atoms with E-state index < -0.39 is 5.82 Å². The van der Waals surface area contributed by atoms with Crippen LogP contribution in [0.5, 0.6) is 5.75 Å². The molecule has 1 aromatic carbocycles. The Hall–Kier alpha value is -3.06. The first kappa shape index (κ1) is 18.0. The molecule has 5 rings (SSSR count). The first-order valence-corrected chi connectivity index (χ1v) is 9.87. The van der Waals surface area contributed by atoms with Crippen LogP contribution in [0.4, 0.5) is 4.39 Å². The lowest BCUT2D eigenvalue weighted by Gasteiger charge is -2.30. The number of nitrogens with one attached hydrogen (secondary N) is 1. The standard InChI is InChI=1S/C22H22FN5O/c1-13(14-6-15-2-3-16(7-14)27-15)19-10-26-20(11-25-19)17-8-18(23)21(9-22(17)29)28-5-4-24-12-28/h4-5,8-12,14-16,27,29H,1-3,6-7H2/t14-,15+,16-. The Morgan fingerprint density at radius 2 is 1.97 bits per heavy atom. The van der Waals surface area contributed by atoms with Gasteiger partial charge in [0, 0.05) is 36.1 Å². The maximum atomic E-state index is 14.6. The van der Waals surface area contributed by atoms with Crippen LogP contribution in [-0.2, 0) is 0 Å². The molecule has 4 heterocycles. The Morgan fingerprint density at radius 3 is 2.62 bits per heavy atom. The molecule has 2 saturated heterocycles. The Labute approximate surface area is 168 Å². The van der Waals surface area contributed by atoms with E-state index in [-0.39, 0.29) is 11.4 Å². The van der Waals surface area contributed by atoms with Crippen molar-refractivity contribution in [2.75, 3.05) is 0 Å². The average molecular weight is 391 g/mol. The van der Waals surface area contributed by atoms with E-state index in [0.29, 0.717) is 29.3 Å². The van der Waals surface area contributed by atoms with Crippen molar-refractivity contribution in [2.45, 2.75) is 37.8 Å². The number of phenolic OH excluding ortho intramolecular Hbond substituents is 1. The van der Waals surface area contributed by atoms with Crippen molar-refractivity contribution in [2.24, 2.45) is 5.92 Å². The number of allylic oxidation sites excluding steroid dienone is 1. The van der Waals surface area contributed by atoms with E-state index in [2.05, 4.69) is 26.8 Å². The molecule has 0 saturated carbocycles. The van der Waals surface area contributed by atoms with Gasteiger partial charge in [-0.1, -0.05) is 6.58 Å². The summed E-state index contributed by atoms with van der Waals surface area (Å²) in [6.07, 6.45) is 12.5. The fourth-order valence-corrected chi connectivity index (χ4v) is 4.54. The number of hydrogen-bond donors (Lipinski definition) is 2. The van der Waals surface area contributed by atoms with Crippen LogP contribution in [0.2, 0.25) is 0 Å². The SMILES string of the molecule is C=C(c1cnc(-c2cc(F)c(-n3ccnc3)cc2O)cn1)[C@H]1C[C@H]2CC[C@@H](C1)N2. The van der Waals surface area contributed by atoms with E-state index in [4.69, 9.17) is 0 Å². The Morgan fingerprint density at radius 1 is 1.17 bits per heavy atom. The Bertz CT molecular complexity index is 1040. The van der Waals surface area contributed by atoms with Crippen LogP contribution in [0.3, 0.4) is 0 Å². The van der Waals surface area contributed by atoms with Gasteiger partial charge in [0.15, 0.2) is 0 Å². The monoisotopic (exact) mass is 391 g/mol. The molecule has 2 bridgehead atoms. The summed E-state index contributed by atoms with van der Waals surface area (Å²) < 4.78 is 16.1. The van der Waals surface area contributed by atoms with Crippen LogP contribution in [0.25, 0.3) is 22.5 Å². The number of halogens is 1. The van der Waals surface area contributed by atoms with Crippen LogP contribution in [0.15, 0.2) is 49.8 Å². The van der Waals surface area contributed by atoms with Crippen LogP contribution in [0, 0.1) is 11.7 Å². The van der Waals surface area contributed by atoms with Crippen molar-refractivity contribution < 1.29 is 9.50 Å². The highest BCUT2D eigenvalue weighted by molar-refractivity contribution is 5.70. The van der Waals surface area contributed by atoms with Crippen molar-refractivity contribution in [1.82, 2.24) is 24.8 Å². The van der Waals surface area contributed by atoms with Gasteiger partial charge in [-0.3, -0.25) is 9.97 Å². The predicted octanol–water partition coefficient (Wildman–Crippen LogP) is 3.72. The van der Waals surface area contributed by atoms with E-state index in [1.165, 1.54) is 35.9 Å². The molecule has 2 aliphatic rings. The number of fused-ring (bicyclic) bond motifs is 2. The molecule has 7 heteroatoms. The molecule has 2 N–H and O–H groups in total. The topological polar surface area (TPSA) is 75.9 Å². The van der Waals surface area contributed by atoms with Gasteiger partial charge in [0.2, 0.25) is 0 Å². The quantitative estimate of drug-likeness (QED) is 0.709. The molecule has 2 fully saturated rings. The minimum atomic E-state index is -0.476. The lowest BCUT2D eigenvalue weighted by molar-refractivity contribution is 0.351. The number of benzene rings is 1. The third kappa shape index (κ3) is 3.31. The molecule has 3 atom stereocenters. The summed E-state index contributed by atoms with van der Waals surface area (Å²) in [4.78, 5) is 12.8. The van der Waals surface area contributed by atoms with Crippen LogP contribution < -0.4 is 5.32 Å². The first-order valence-electron chi connectivity index (χ1n) is 9.87. The number of aromatic hydroxyl groups is 1. The molecule has 6 nitrogen and oxygen atoms in total. The number of hydrogen-bond acceptors (Lipinski definition) is 5. The smallest absolute Gasteiger partial charge is 0.148 e. The lowest BCUT2D eigenvalue weighted by Crippen LogP contribution is -2.38. The van der Waals surface area contributed by atoms with Crippen molar-refractivity contribution in [1.29, 1.82) is 0 Å². The lowest BCUT2D eigenvalue weighted by atomic mass is 9.85. The molecule has 2 aromatic heterocycles. The van der Waals surface area contributed by atoms with Crippen LogP contribution in [0.1, 0.15) is 31.4 Å². The predicted molar refractivity (Wildman–Crippen MR) is 108 cm³/mol. The summed E-state index contributed by atoms with van der Waals surface area (Å²) in [5.41, 5.74) is 2.71.